The predicted molar refractivity (Wildman–Crippen MR) is 303 cm³/mol. The normalized spacial score (nSPS) is 12.1. The monoisotopic (exact) mass is 985 g/mol. The second kappa shape index (κ2) is 59.5. The third-order valence-corrected chi connectivity index (χ3v) is 14.2. The van der Waals surface area contributed by atoms with Crippen molar-refractivity contribution < 1.29 is 28.6 Å². The summed E-state index contributed by atoms with van der Waals surface area (Å²) in [5.41, 5.74) is 0. The van der Waals surface area contributed by atoms with Crippen LogP contribution in [0.1, 0.15) is 348 Å². The van der Waals surface area contributed by atoms with Crippen LogP contribution in [0.15, 0.2) is 24.3 Å². The molecule has 0 heterocycles. The topological polar surface area (TPSA) is 78.9 Å². The average Bonchev–Trinajstić information content (AvgIpc) is 3.36. The van der Waals surface area contributed by atoms with Crippen molar-refractivity contribution in [3.05, 3.63) is 24.3 Å². The lowest BCUT2D eigenvalue weighted by atomic mass is 10.0. The van der Waals surface area contributed by atoms with Gasteiger partial charge >= 0.3 is 17.9 Å². The van der Waals surface area contributed by atoms with E-state index in [0.29, 0.717) is 19.3 Å². The van der Waals surface area contributed by atoms with Gasteiger partial charge in [0.05, 0.1) is 0 Å². The number of hydrogen-bond donors (Lipinski definition) is 0. The lowest BCUT2D eigenvalue weighted by Gasteiger charge is -2.18. The number of allylic oxidation sites excluding steroid dienone is 4. The number of hydrogen-bond acceptors (Lipinski definition) is 6. The van der Waals surface area contributed by atoms with Crippen LogP contribution in [0.2, 0.25) is 0 Å². The smallest absolute Gasteiger partial charge is 0.306 e. The van der Waals surface area contributed by atoms with E-state index in [1.807, 2.05) is 0 Å². The molecular formula is C64H120O6. The third kappa shape index (κ3) is 56.8. The lowest BCUT2D eigenvalue weighted by Crippen LogP contribution is -2.30. The highest BCUT2D eigenvalue weighted by molar-refractivity contribution is 5.71. The molecule has 0 aromatic heterocycles. The Balaban J connectivity index is 3.81. The molecule has 0 rings (SSSR count). The van der Waals surface area contributed by atoms with Gasteiger partial charge in [0.25, 0.3) is 0 Å². The van der Waals surface area contributed by atoms with Gasteiger partial charge in [0.2, 0.25) is 0 Å². The Morgan fingerprint density at radius 1 is 0.271 bits per heavy atom. The number of unbranched alkanes of at least 4 members (excludes halogenated alkanes) is 43. The third-order valence-electron chi connectivity index (χ3n) is 14.2. The number of esters is 3. The molecule has 0 amide bonds. The Morgan fingerprint density at radius 2 is 0.486 bits per heavy atom. The van der Waals surface area contributed by atoms with Crippen LogP contribution >= 0.6 is 0 Å². The molecule has 0 N–H and O–H groups in total. The van der Waals surface area contributed by atoms with Crippen molar-refractivity contribution in [2.45, 2.75) is 354 Å². The molecule has 1 atom stereocenters. The minimum Gasteiger partial charge on any atom is -0.462 e. The van der Waals surface area contributed by atoms with Gasteiger partial charge in [0, 0.05) is 19.3 Å². The SMILES string of the molecule is CCCC/C=C\CCCCCCCC(=O)OC(COC(=O)CCCCCCCC)COC(=O)CCCCCCCCCCCCCCCCCCCCCCCCC/C=C\CCCCCCCCCC. The Hall–Kier alpha value is -2.11. The van der Waals surface area contributed by atoms with E-state index in [9.17, 15) is 14.4 Å². The highest BCUT2D eigenvalue weighted by atomic mass is 16.6. The van der Waals surface area contributed by atoms with Crippen molar-refractivity contribution in [1.29, 1.82) is 0 Å². The van der Waals surface area contributed by atoms with E-state index in [0.717, 1.165) is 64.2 Å². The van der Waals surface area contributed by atoms with Crippen LogP contribution in [0, 0.1) is 0 Å². The zero-order valence-corrected chi connectivity index (χ0v) is 47.3. The predicted octanol–water partition coefficient (Wildman–Crippen LogP) is 21.1. The van der Waals surface area contributed by atoms with Gasteiger partial charge in [-0.15, -0.1) is 0 Å². The summed E-state index contributed by atoms with van der Waals surface area (Å²) in [7, 11) is 0. The molecule has 412 valence electrons. The molecule has 0 aromatic rings. The zero-order chi connectivity index (χ0) is 50.7. The second-order valence-corrected chi connectivity index (χ2v) is 21.3. The maximum absolute atomic E-state index is 12.7. The fraction of sp³-hybridized carbons (Fsp3) is 0.891. The maximum atomic E-state index is 12.7. The summed E-state index contributed by atoms with van der Waals surface area (Å²) < 4.78 is 16.7. The fourth-order valence-corrected chi connectivity index (χ4v) is 9.42. The summed E-state index contributed by atoms with van der Waals surface area (Å²) in [6.07, 6.45) is 71.2. The zero-order valence-electron chi connectivity index (χ0n) is 47.3. The van der Waals surface area contributed by atoms with Crippen LogP contribution in [0.3, 0.4) is 0 Å². The molecule has 0 fully saturated rings. The van der Waals surface area contributed by atoms with E-state index in [-0.39, 0.29) is 31.1 Å². The average molecular weight is 986 g/mol. The van der Waals surface area contributed by atoms with Crippen molar-refractivity contribution in [2.75, 3.05) is 13.2 Å². The van der Waals surface area contributed by atoms with Gasteiger partial charge in [0.15, 0.2) is 6.10 Å². The molecule has 0 bridgehead atoms. The van der Waals surface area contributed by atoms with Crippen molar-refractivity contribution in [3.8, 4) is 0 Å². The van der Waals surface area contributed by atoms with E-state index < -0.39 is 6.10 Å². The van der Waals surface area contributed by atoms with Gasteiger partial charge < -0.3 is 14.2 Å². The number of rotatable bonds is 58. The van der Waals surface area contributed by atoms with E-state index in [2.05, 4.69) is 45.1 Å². The van der Waals surface area contributed by atoms with Crippen molar-refractivity contribution in [3.63, 3.8) is 0 Å². The minimum absolute atomic E-state index is 0.0703. The van der Waals surface area contributed by atoms with Gasteiger partial charge in [-0.2, -0.15) is 0 Å². The molecule has 0 saturated carbocycles. The molecule has 1 unspecified atom stereocenters. The summed E-state index contributed by atoms with van der Waals surface area (Å²) in [6.45, 7) is 6.57. The largest absolute Gasteiger partial charge is 0.462 e. The summed E-state index contributed by atoms with van der Waals surface area (Å²) in [6, 6.07) is 0. The molecule has 0 aliphatic rings. The first-order valence-electron chi connectivity index (χ1n) is 31.3. The van der Waals surface area contributed by atoms with E-state index >= 15 is 0 Å². The van der Waals surface area contributed by atoms with Gasteiger partial charge in [0.1, 0.15) is 13.2 Å². The highest BCUT2D eigenvalue weighted by Gasteiger charge is 2.19. The van der Waals surface area contributed by atoms with Crippen LogP contribution in [0.5, 0.6) is 0 Å². The first-order chi connectivity index (χ1) is 34.5. The van der Waals surface area contributed by atoms with Gasteiger partial charge in [-0.05, 0) is 64.2 Å². The van der Waals surface area contributed by atoms with E-state index in [4.69, 9.17) is 14.2 Å². The second-order valence-electron chi connectivity index (χ2n) is 21.3. The van der Waals surface area contributed by atoms with Crippen molar-refractivity contribution in [2.24, 2.45) is 0 Å². The first-order valence-corrected chi connectivity index (χ1v) is 31.3. The first kappa shape index (κ1) is 67.9. The Bertz CT molecular complexity index is 1130. The molecule has 0 radical (unpaired) electrons. The lowest BCUT2D eigenvalue weighted by molar-refractivity contribution is -0.167. The van der Waals surface area contributed by atoms with E-state index in [1.165, 1.54) is 244 Å². The molecule has 6 nitrogen and oxygen atoms in total. The summed E-state index contributed by atoms with van der Waals surface area (Å²) >= 11 is 0. The molecule has 70 heavy (non-hydrogen) atoms. The van der Waals surface area contributed by atoms with Crippen LogP contribution in [0.25, 0.3) is 0 Å². The summed E-state index contributed by atoms with van der Waals surface area (Å²) in [5.74, 6) is -0.874. The fourth-order valence-electron chi connectivity index (χ4n) is 9.42. The quantitative estimate of drug-likeness (QED) is 0.0261. The summed E-state index contributed by atoms with van der Waals surface area (Å²) in [5, 5.41) is 0. The van der Waals surface area contributed by atoms with Gasteiger partial charge in [-0.25, -0.2) is 0 Å². The summed E-state index contributed by atoms with van der Waals surface area (Å²) in [4.78, 5) is 37.8. The van der Waals surface area contributed by atoms with Crippen molar-refractivity contribution >= 4 is 17.9 Å². The number of ether oxygens (including phenoxy) is 3. The molecule has 0 aliphatic heterocycles. The van der Waals surface area contributed by atoms with Crippen LogP contribution < -0.4 is 0 Å². The van der Waals surface area contributed by atoms with Gasteiger partial charge in [-0.3, -0.25) is 14.4 Å². The Morgan fingerprint density at radius 3 is 0.757 bits per heavy atom. The molecule has 6 heteroatoms. The highest BCUT2D eigenvalue weighted by Crippen LogP contribution is 2.18. The van der Waals surface area contributed by atoms with Gasteiger partial charge in [-0.1, -0.05) is 289 Å². The Labute approximate surface area is 436 Å². The maximum Gasteiger partial charge on any atom is 0.306 e. The molecule has 0 aliphatic carbocycles. The van der Waals surface area contributed by atoms with Crippen LogP contribution in [0.4, 0.5) is 0 Å². The number of carbonyl (C=O) groups excluding carboxylic acids is 3. The standard InChI is InChI=1S/C64H120O6/c1-4-7-10-13-16-18-20-21-22-23-24-25-26-27-28-29-30-31-32-33-34-35-36-37-38-39-40-41-42-43-45-46-48-51-54-57-63(66)69-60-61(59-68-62(65)56-53-50-15-12-9-6-3)70-64(67)58-55-52-49-47-44-19-17-14-11-8-5-2/h14,17,23-24,61H,4-13,15-16,18-22,25-60H2,1-3H3/b17-14-,24-23-. The molecule has 0 spiro atoms. The molecule has 0 aromatic carbocycles. The molecule has 0 saturated heterocycles. The minimum atomic E-state index is -0.767. The number of carbonyl (C=O) groups is 3. The van der Waals surface area contributed by atoms with Crippen molar-refractivity contribution in [1.82, 2.24) is 0 Å². The molecular weight excluding hydrogens is 865 g/mol. The van der Waals surface area contributed by atoms with Crippen LogP contribution in [-0.4, -0.2) is 37.2 Å². The van der Waals surface area contributed by atoms with Crippen LogP contribution in [-0.2, 0) is 28.6 Å². The van der Waals surface area contributed by atoms with E-state index in [1.54, 1.807) is 0 Å². The Kier molecular flexibility index (Phi) is 57.7.